The standard InChI is InChI=1S/C25H28N2O3/c1-5-26(6-2)15-19-21(28)12-16(4)23-24(29)22(30-25(19)23)13-17-14-27(7-3)20-11-9-8-10-18(17)20/h8-14,28H,5-7,15H2,1-4H3/b22-13-. The molecule has 1 aliphatic heterocycles. The highest BCUT2D eigenvalue weighted by molar-refractivity contribution is 6.16. The summed E-state index contributed by atoms with van der Waals surface area (Å²) in [4.78, 5) is 15.4. The van der Waals surface area contributed by atoms with Crippen molar-refractivity contribution in [1.29, 1.82) is 0 Å². The lowest BCUT2D eigenvalue weighted by Crippen LogP contribution is -2.22. The highest BCUT2D eigenvalue weighted by Gasteiger charge is 2.33. The third-order valence-electron chi connectivity index (χ3n) is 5.94. The normalized spacial score (nSPS) is 14.7. The monoisotopic (exact) mass is 404 g/mol. The second kappa shape index (κ2) is 8.00. The number of nitrogens with zero attached hydrogens (tertiary/aromatic N) is 2. The SMILES string of the molecule is CCN(CC)Cc1c(O)cc(C)c2c1O/C(=C\c1cn(CC)c3ccccc13)C2=O. The molecule has 2 aromatic carbocycles. The van der Waals surface area contributed by atoms with E-state index in [0.717, 1.165) is 41.7 Å². The average Bonchev–Trinajstić information content (AvgIpc) is 3.26. The average molecular weight is 405 g/mol. The Morgan fingerprint density at radius 2 is 1.90 bits per heavy atom. The summed E-state index contributed by atoms with van der Waals surface area (Å²) in [7, 11) is 0. The Labute approximate surface area is 177 Å². The van der Waals surface area contributed by atoms with E-state index in [2.05, 4.69) is 48.6 Å². The van der Waals surface area contributed by atoms with Crippen LogP contribution < -0.4 is 4.74 Å². The zero-order valence-corrected chi connectivity index (χ0v) is 18.0. The Kier molecular flexibility index (Phi) is 5.39. The van der Waals surface area contributed by atoms with Gasteiger partial charge in [-0.3, -0.25) is 9.69 Å². The molecule has 0 aliphatic carbocycles. The van der Waals surface area contributed by atoms with Crippen molar-refractivity contribution in [3.63, 3.8) is 0 Å². The van der Waals surface area contributed by atoms with Gasteiger partial charge in [-0.05, 0) is 50.7 Å². The minimum absolute atomic E-state index is 0.128. The van der Waals surface area contributed by atoms with Gasteiger partial charge >= 0.3 is 0 Å². The van der Waals surface area contributed by atoms with Crippen LogP contribution in [0.1, 0.15) is 47.8 Å². The molecule has 5 heteroatoms. The lowest BCUT2D eigenvalue weighted by molar-refractivity contribution is 0.101. The number of para-hydroxylation sites is 1. The number of fused-ring (bicyclic) bond motifs is 2. The van der Waals surface area contributed by atoms with Gasteiger partial charge in [-0.1, -0.05) is 32.0 Å². The fourth-order valence-corrected chi connectivity index (χ4v) is 4.20. The van der Waals surface area contributed by atoms with Gasteiger partial charge in [0.05, 0.1) is 11.1 Å². The summed E-state index contributed by atoms with van der Waals surface area (Å²) in [6.45, 7) is 11.2. The molecule has 4 rings (SSSR count). The molecular formula is C25H28N2O3. The van der Waals surface area contributed by atoms with E-state index in [1.165, 1.54) is 0 Å². The zero-order chi connectivity index (χ0) is 21.4. The molecule has 0 fully saturated rings. The summed E-state index contributed by atoms with van der Waals surface area (Å²) in [5, 5.41) is 11.7. The molecule has 0 spiro atoms. The van der Waals surface area contributed by atoms with E-state index < -0.39 is 0 Å². The Hall–Kier alpha value is -3.05. The number of carbonyl (C=O) groups is 1. The number of ether oxygens (including phenoxy) is 1. The molecule has 0 atom stereocenters. The number of ketones is 1. The molecule has 2 heterocycles. The van der Waals surface area contributed by atoms with Crippen LogP contribution in [-0.2, 0) is 13.1 Å². The molecule has 156 valence electrons. The second-order valence-corrected chi connectivity index (χ2v) is 7.68. The quantitative estimate of drug-likeness (QED) is 0.579. The Morgan fingerprint density at radius 3 is 2.60 bits per heavy atom. The second-order valence-electron chi connectivity index (χ2n) is 7.68. The maximum atomic E-state index is 13.2. The van der Waals surface area contributed by atoms with Crippen LogP contribution >= 0.6 is 0 Å². The van der Waals surface area contributed by atoms with Crippen molar-refractivity contribution in [3.05, 3.63) is 64.5 Å². The number of hydrogen-bond donors (Lipinski definition) is 1. The summed E-state index contributed by atoms with van der Waals surface area (Å²) < 4.78 is 8.28. The summed E-state index contributed by atoms with van der Waals surface area (Å²) in [5.74, 6) is 0.847. The molecule has 0 amide bonds. The smallest absolute Gasteiger partial charge is 0.232 e. The van der Waals surface area contributed by atoms with Crippen molar-refractivity contribution in [2.75, 3.05) is 13.1 Å². The number of carbonyl (C=O) groups excluding carboxylic acids is 1. The number of rotatable bonds is 6. The van der Waals surface area contributed by atoms with Crippen LogP contribution in [0.25, 0.3) is 17.0 Å². The van der Waals surface area contributed by atoms with Crippen LogP contribution in [0.15, 0.2) is 42.3 Å². The Bertz CT molecular complexity index is 1150. The van der Waals surface area contributed by atoms with Crippen molar-refractivity contribution in [2.24, 2.45) is 0 Å². The van der Waals surface area contributed by atoms with Crippen LogP contribution in [-0.4, -0.2) is 33.4 Å². The number of aromatic hydroxyl groups is 1. The minimum atomic E-state index is -0.128. The number of aryl methyl sites for hydroxylation is 2. The lowest BCUT2D eigenvalue weighted by atomic mass is 9.99. The topological polar surface area (TPSA) is 54.7 Å². The summed E-state index contributed by atoms with van der Waals surface area (Å²) in [6, 6.07) is 9.83. The van der Waals surface area contributed by atoms with Gasteiger partial charge in [0.2, 0.25) is 5.78 Å². The number of phenolic OH excluding ortho intramolecular Hbond substituents is 1. The van der Waals surface area contributed by atoms with Gasteiger partial charge < -0.3 is 14.4 Å². The van der Waals surface area contributed by atoms with E-state index in [4.69, 9.17) is 4.74 Å². The highest BCUT2D eigenvalue weighted by atomic mass is 16.5. The molecule has 1 N–H and O–H groups in total. The summed E-state index contributed by atoms with van der Waals surface area (Å²) in [5.41, 5.74) is 4.05. The Morgan fingerprint density at radius 1 is 1.17 bits per heavy atom. The lowest BCUT2D eigenvalue weighted by Gasteiger charge is -2.20. The van der Waals surface area contributed by atoms with Crippen LogP contribution in [0.3, 0.4) is 0 Å². The maximum absolute atomic E-state index is 13.2. The first-order valence-corrected chi connectivity index (χ1v) is 10.6. The van der Waals surface area contributed by atoms with E-state index in [1.54, 1.807) is 6.07 Å². The third-order valence-corrected chi connectivity index (χ3v) is 5.94. The third kappa shape index (κ3) is 3.29. The number of aromatic nitrogens is 1. The first-order valence-electron chi connectivity index (χ1n) is 10.6. The summed E-state index contributed by atoms with van der Waals surface area (Å²) in [6.07, 6.45) is 3.88. The minimum Gasteiger partial charge on any atom is -0.507 e. The molecule has 3 aromatic rings. The molecule has 5 nitrogen and oxygen atoms in total. The Balaban J connectivity index is 1.80. The molecule has 0 saturated carbocycles. The van der Waals surface area contributed by atoms with Gasteiger partial charge in [-0.2, -0.15) is 0 Å². The highest BCUT2D eigenvalue weighted by Crippen LogP contribution is 2.42. The molecule has 30 heavy (non-hydrogen) atoms. The van der Waals surface area contributed by atoms with E-state index >= 15 is 0 Å². The van der Waals surface area contributed by atoms with Gasteiger partial charge in [-0.15, -0.1) is 0 Å². The van der Waals surface area contributed by atoms with Crippen molar-refractivity contribution in [1.82, 2.24) is 9.47 Å². The number of allylic oxidation sites excluding steroid dienone is 1. The molecule has 0 saturated heterocycles. The van der Waals surface area contributed by atoms with E-state index in [1.807, 2.05) is 25.1 Å². The summed E-state index contributed by atoms with van der Waals surface area (Å²) >= 11 is 0. The van der Waals surface area contributed by atoms with Gasteiger partial charge in [0, 0.05) is 35.8 Å². The van der Waals surface area contributed by atoms with E-state index in [9.17, 15) is 9.90 Å². The number of Topliss-reactive ketones (excluding diaryl/α,β-unsaturated/α-hetero) is 1. The largest absolute Gasteiger partial charge is 0.507 e. The molecule has 0 unspecified atom stereocenters. The first-order chi connectivity index (χ1) is 14.5. The van der Waals surface area contributed by atoms with Gasteiger partial charge in [0.15, 0.2) is 5.76 Å². The van der Waals surface area contributed by atoms with Crippen molar-refractivity contribution in [3.8, 4) is 11.5 Å². The predicted octanol–water partition coefficient (Wildman–Crippen LogP) is 5.13. The van der Waals surface area contributed by atoms with E-state index in [-0.39, 0.29) is 11.5 Å². The van der Waals surface area contributed by atoms with Gasteiger partial charge in [-0.25, -0.2) is 0 Å². The van der Waals surface area contributed by atoms with Crippen LogP contribution in [0, 0.1) is 6.92 Å². The van der Waals surface area contributed by atoms with Crippen molar-refractivity contribution in [2.45, 2.75) is 40.8 Å². The fourth-order valence-electron chi connectivity index (χ4n) is 4.20. The fraction of sp³-hybridized carbons (Fsp3) is 0.320. The van der Waals surface area contributed by atoms with Crippen molar-refractivity contribution >= 4 is 22.8 Å². The van der Waals surface area contributed by atoms with Gasteiger partial charge in [0.25, 0.3) is 0 Å². The first kappa shape index (κ1) is 20.2. The maximum Gasteiger partial charge on any atom is 0.232 e. The van der Waals surface area contributed by atoms with Crippen LogP contribution in [0.4, 0.5) is 0 Å². The molecular weight excluding hydrogens is 376 g/mol. The van der Waals surface area contributed by atoms with E-state index in [0.29, 0.717) is 29.2 Å². The molecule has 1 aromatic heterocycles. The number of hydrogen-bond acceptors (Lipinski definition) is 4. The molecule has 1 aliphatic rings. The van der Waals surface area contributed by atoms with Crippen molar-refractivity contribution < 1.29 is 14.6 Å². The van der Waals surface area contributed by atoms with Gasteiger partial charge in [0.1, 0.15) is 11.5 Å². The molecule has 0 bridgehead atoms. The predicted molar refractivity (Wildman–Crippen MR) is 120 cm³/mol. The number of benzene rings is 2. The van der Waals surface area contributed by atoms with Crippen LogP contribution in [0.5, 0.6) is 11.5 Å². The van der Waals surface area contributed by atoms with Crippen LogP contribution in [0.2, 0.25) is 0 Å². The zero-order valence-electron chi connectivity index (χ0n) is 18.0. The number of phenols is 1. The molecule has 0 radical (unpaired) electrons.